The molecule has 1 aromatic rings. The minimum Gasteiger partial charge on any atom is -0.297 e. The molecule has 6 heteroatoms. The summed E-state index contributed by atoms with van der Waals surface area (Å²) in [6, 6.07) is 0. The highest BCUT2D eigenvalue weighted by atomic mass is 32.1. The number of hydrogen-bond donors (Lipinski definition) is 2. The summed E-state index contributed by atoms with van der Waals surface area (Å²) >= 11 is 1.34. The lowest BCUT2D eigenvalue weighted by Gasteiger charge is -2.12. The molecule has 3 N–H and O–H groups in total. The number of hydrazine groups is 1. The number of nitrogens with two attached hydrogens (primary N) is 1. The summed E-state index contributed by atoms with van der Waals surface area (Å²) < 4.78 is 0. The molecule has 1 aliphatic heterocycles. The van der Waals surface area contributed by atoms with Crippen LogP contribution in [0.2, 0.25) is 0 Å². The van der Waals surface area contributed by atoms with E-state index in [0.29, 0.717) is 5.01 Å². The van der Waals surface area contributed by atoms with E-state index in [1.807, 2.05) is 5.38 Å². The van der Waals surface area contributed by atoms with Gasteiger partial charge in [0.05, 0.1) is 5.69 Å². The van der Waals surface area contributed by atoms with Gasteiger partial charge in [0.1, 0.15) is 0 Å². The smallest absolute Gasteiger partial charge is 0.294 e. The average Bonchev–Trinajstić information content (AvgIpc) is 2.87. The van der Waals surface area contributed by atoms with Crippen LogP contribution in [0.5, 0.6) is 0 Å². The van der Waals surface area contributed by atoms with Crippen molar-refractivity contribution < 1.29 is 4.79 Å². The van der Waals surface area contributed by atoms with Crippen molar-refractivity contribution in [1.82, 2.24) is 15.3 Å². The Bertz CT molecular complexity index is 379. The summed E-state index contributed by atoms with van der Waals surface area (Å²) in [5, 5.41) is 2.36. The molecule has 1 amide bonds. The molecule has 1 atom stereocenters. The first-order valence-corrected chi connectivity index (χ1v) is 6.24. The van der Waals surface area contributed by atoms with Gasteiger partial charge in [-0.15, -0.1) is 11.3 Å². The largest absolute Gasteiger partial charge is 0.297 e. The molecule has 1 unspecified atom stereocenters. The number of carbonyl (C=O) groups excluding carboxylic acids is 1. The Morgan fingerprint density at radius 3 is 3.25 bits per heavy atom. The second-order valence-electron chi connectivity index (χ2n) is 4.25. The van der Waals surface area contributed by atoms with Gasteiger partial charge >= 0.3 is 0 Å². The van der Waals surface area contributed by atoms with Crippen LogP contribution in [0, 0.1) is 5.92 Å². The zero-order valence-corrected chi connectivity index (χ0v) is 10.1. The zero-order chi connectivity index (χ0) is 11.5. The Morgan fingerprint density at radius 1 is 1.81 bits per heavy atom. The van der Waals surface area contributed by atoms with Gasteiger partial charge in [0.15, 0.2) is 5.01 Å². The van der Waals surface area contributed by atoms with Crippen LogP contribution in [-0.2, 0) is 6.54 Å². The van der Waals surface area contributed by atoms with E-state index < -0.39 is 0 Å². The summed E-state index contributed by atoms with van der Waals surface area (Å²) in [5.41, 5.74) is 3.05. The topological polar surface area (TPSA) is 71.2 Å². The lowest BCUT2D eigenvalue weighted by Crippen LogP contribution is -2.30. The molecule has 1 aliphatic rings. The van der Waals surface area contributed by atoms with Crippen molar-refractivity contribution in [3.63, 3.8) is 0 Å². The molecule has 88 valence electrons. The van der Waals surface area contributed by atoms with E-state index in [2.05, 4.69) is 22.2 Å². The molecule has 16 heavy (non-hydrogen) atoms. The van der Waals surface area contributed by atoms with Crippen molar-refractivity contribution in [2.75, 3.05) is 13.1 Å². The summed E-state index contributed by atoms with van der Waals surface area (Å²) in [6.45, 7) is 5.33. The number of nitrogens with one attached hydrogen (secondary N) is 1. The van der Waals surface area contributed by atoms with Crippen LogP contribution < -0.4 is 11.3 Å². The van der Waals surface area contributed by atoms with Crippen molar-refractivity contribution >= 4 is 17.2 Å². The number of likely N-dealkylation sites (tertiary alicyclic amines) is 1. The third-order valence-electron chi connectivity index (χ3n) is 2.77. The number of amides is 1. The first-order chi connectivity index (χ1) is 7.69. The highest BCUT2D eigenvalue weighted by molar-refractivity contribution is 7.11. The summed E-state index contributed by atoms with van der Waals surface area (Å²) in [6.07, 6.45) is 1.25. The van der Waals surface area contributed by atoms with Gasteiger partial charge in [-0.25, -0.2) is 10.8 Å². The summed E-state index contributed by atoms with van der Waals surface area (Å²) in [5.74, 6) is 5.51. The SMILES string of the molecule is CC1CCN(Cc2csc(C(=O)NN)n2)C1. The van der Waals surface area contributed by atoms with E-state index in [0.717, 1.165) is 31.2 Å². The Labute approximate surface area is 98.6 Å². The number of thiazole rings is 1. The maximum Gasteiger partial charge on any atom is 0.294 e. The molecule has 0 aliphatic carbocycles. The standard InChI is InChI=1S/C10H16N4OS/c1-7-2-3-14(4-7)5-8-6-16-10(12-8)9(15)13-11/h6-7H,2-5,11H2,1H3,(H,13,15). The van der Waals surface area contributed by atoms with Crippen LogP contribution in [0.25, 0.3) is 0 Å². The molecule has 0 saturated carbocycles. The van der Waals surface area contributed by atoms with Crippen molar-refractivity contribution in [2.24, 2.45) is 11.8 Å². The number of nitrogen functional groups attached to an aromatic ring is 1. The normalized spacial score (nSPS) is 21.2. The van der Waals surface area contributed by atoms with E-state index in [1.165, 1.54) is 17.8 Å². The lowest BCUT2D eigenvalue weighted by molar-refractivity contribution is 0.0953. The Kier molecular flexibility index (Phi) is 3.52. The van der Waals surface area contributed by atoms with Crippen molar-refractivity contribution in [2.45, 2.75) is 19.9 Å². The molecule has 1 saturated heterocycles. The second kappa shape index (κ2) is 4.90. The van der Waals surface area contributed by atoms with Crippen LogP contribution in [0.1, 0.15) is 28.8 Å². The maximum absolute atomic E-state index is 11.2. The fourth-order valence-electron chi connectivity index (χ4n) is 1.94. The van der Waals surface area contributed by atoms with Crippen LogP contribution in [0.3, 0.4) is 0 Å². The summed E-state index contributed by atoms with van der Waals surface area (Å²) in [4.78, 5) is 17.8. The van der Waals surface area contributed by atoms with Crippen molar-refractivity contribution in [1.29, 1.82) is 0 Å². The number of carbonyl (C=O) groups is 1. The second-order valence-corrected chi connectivity index (χ2v) is 5.10. The molecule has 1 fully saturated rings. The monoisotopic (exact) mass is 240 g/mol. The Balaban J connectivity index is 1.95. The number of hydrogen-bond acceptors (Lipinski definition) is 5. The first kappa shape index (κ1) is 11.5. The number of aromatic nitrogens is 1. The predicted octanol–water partition coefficient (Wildman–Crippen LogP) is 0.588. The third kappa shape index (κ3) is 2.58. The van der Waals surface area contributed by atoms with Crippen LogP contribution in [-0.4, -0.2) is 28.9 Å². The van der Waals surface area contributed by atoms with E-state index in [4.69, 9.17) is 5.84 Å². The molecule has 2 rings (SSSR count). The van der Waals surface area contributed by atoms with E-state index in [-0.39, 0.29) is 5.91 Å². The molecule has 0 radical (unpaired) electrons. The highest BCUT2D eigenvalue weighted by Crippen LogP contribution is 2.18. The van der Waals surface area contributed by atoms with Gasteiger partial charge in [0, 0.05) is 18.5 Å². The third-order valence-corrected chi connectivity index (χ3v) is 3.66. The molecular formula is C10H16N4OS. The Morgan fingerprint density at radius 2 is 2.62 bits per heavy atom. The average molecular weight is 240 g/mol. The minimum atomic E-state index is -0.314. The lowest BCUT2D eigenvalue weighted by atomic mass is 10.2. The molecule has 0 spiro atoms. The van der Waals surface area contributed by atoms with E-state index in [1.54, 1.807) is 0 Å². The van der Waals surface area contributed by atoms with Crippen LogP contribution in [0.15, 0.2) is 5.38 Å². The van der Waals surface area contributed by atoms with Gasteiger partial charge in [-0.1, -0.05) is 6.92 Å². The molecular weight excluding hydrogens is 224 g/mol. The molecule has 0 bridgehead atoms. The van der Waals surface area contributed by atoms with Crippen molar-refractivity contribution in [3.8, 4) is 0 Å². The fourth-order valence-corrected chi connectivity index (χ4v) is 2.66. The fraction of sp³-hybridized carbons (Fsp3) is 0.600. The number of nitrogens with zero attached hydrogens (tertiary/aromatic N) is 2. The van der Waals surface area contributed by atoms with Gasteiger partial charge in [0.25, 0.3) is 5.91 Å². The zero-order valence-electron chi connectivity index (χ0n) is 9.27. The quantitative estimate of drug-likeness (QED) is 0.461. The summed E-state index contributed by atoms with van der Waals surface area (Å²) in [7, 11) is 0. The van der Waals surface area contributed by atoms with Crippen LogP contribution >= 0.6 is 11.3 Å². The molecule has 0 aromatic carbocycles. The van der Waals surface area contributed by atoms with Crippen LogP contribution in [0.4, 0.5) is 0 Å². The molecule has 2 heterocycles. The van der Waals surface area contributed by atoms with E-state index in [9.17, 15) is 4.79 Å². The van der Waals surface area contributed by atoms with Gasteiger partial charge in [-0.05, 0) is 18.9 Å². The first-order valence-electron chi connectivity index (χ1n) is 5.36. The van der Waals surface area contributed by atoms with E-state index >= 15 is 0 Å². The minimum absolute atomic E-state index is 0.314. The maximum atomic E-state index is 11.2. The van der Waals surface area contributed by atoms with Gasteiger partial charge < -0.3 is 0 Å². The van der Waals surface area contributed by atoms with Gasteiger partial charge in [-0.3, -0.25) is 15.1 Å². The molecule has 5 nitrogen and oxygen atoms in total. The highest BCUT2D eigenvalue weighted by Gasteiger charge is 2.19. The molecule has 1 aromatic heterocycles. The van der Waals surface area contributed by atoms with Gasteiger partial charge in [0.2, 0.25) is 0 Å². The predicted molar refractivity (Wildman–Crippen MR) is 62.8 cm³/mol. The Hall–Kier alpha value is -0.980. The van der Waals surface area contributed by atoms with Crippen molar-refractivity contribution in [3.05, 3.63) is 16.1 Å². The number of rotatable bonds is 3. The van der Waals surface area contributed by atoms with Gasteiger partial charge in [-0.2, -0.15) is 0 Å².